The Kier molecular flexibility index (Phi) is 7.60. The van der Waals surface area contributed by atoms with Gasteiger partial charge in [0.1, 0.15) is 0 Å². The third-order valence-corrected chi connectivity index (χ3v) is 6.28. The zero-order valence-corrected chi connectivity index (χ0v) is 20.0. The molecule has 1 atom stereocenters. The van der Waals surface area contributed by atoms with E-state index in [0.717, 1.165) is 25.9 Å². The zero-order valence-electron chi connectivity index (χ0n) is 20.0. The van der Waals surface area contributed by atoms with Crippen molar-refractivity contribution in [3.05, 3.63) is 35.0 Å². The number of carbonyl (C=O) groups is 2. The van der Waals surface area contributed by atoms with Gasteiger partial charge in [0.15, 0.2) is 17.3 Å². The van der Waals surface area contributed by atoms with Crippen molar-refractivity contribution in [1.29, 1.82) is 0 Å². The Morgan fingerprint density at radius 3 is 2.53 bits per heavy atom. The lowest BCUT2D eigenvalue weighted by Gasteiger charge is -2.39. The molecule has 1 aromatic carbocycles. The van der Waals surface area contributed by atoms with Crippen molar-refractivity contribution >= 4 is 12.0 Å². The van der Waals surface area contributed by atoms with Crippen LogP contribution in [0.4, 0.5) is 4.79 Å². The Labute approximate surface area is 199 Å². The number of nitrogens with zero attached hydrogens (tertiary/aromatic N) is 1. The molecule has 2 N–H and O–H groups in total. The van der Waals surface area contributed by atoms with Crippen molar-refractivity contribution in [3.63, 3.8) is 0 Å². The smallest absolute Gasteiger partial charge is 0.338 e. The fourth-order valence-electron chi connectivity index (χ4n) is 4.64. The molecule has 3 aliphatic heterocycles. The molecule has 10 heteroatoms. The second-order valence-corrected chi connectivity index (χ2v) is 8.37. The van der Waals surface area contributed by atoms with Gasteiger partial charge < -0.3 is 34.3 Å². The van der Waals surface area contributed by atoms with E-state index < -0.39 is 17.8 Å². The molecule has 4 rings (SSSR count). The third kappa shape index (κ3) is 5.13. The number of benzene rings is 1. The fourth-order valence-corrected chi connectivity index (χ4v) is 4.64. The average molecular weight is 476 g/mol. The van der Waals surface area contributed by atoms with Gasteiger partial charge in [-0.1, -0.05) is 6.07 Å². The first-order chi connectivity index (χ1) is 16.5. The molecule has 3 heterocycles. The molecule has 2 fully saturated rings. The highest BCUT2D eigenvalue weighted by atomic mass is 16.7. The first-order valence-electron chi connectivity index (χ1n) is 11.8. The minimum absolute atomic E-state index is 0.226. The van der Waals surface area contributed by atoms with Crippen LogP contribution in [0.5, 0.6) is 11.5 Å². The number of likely N-dealkylation sites (tertiary alicyclic amines) is 1. The standard InChI is InChI=1S/C24H33N3O7/c1-4-31-18-7-6-16(14-19(18)30-3)21-20(22(28)32-5-2)17(25-23(29)26-21)15-27-10-8-24(9-11-27)33-12-13-34-24/h6-7,14,21H,4-5,8-13,15H2,1-3H3,(H2,25,26,29)/t21-/m1/s1. The van der Waals surface area contributed by atoms with Crippen LogP contribution >= 0.6 is 0 Å². The molecule has 0 radical (unpaired) electrons. The van der Waals surface area contributed by atoms with Crippen molar-refractivity contribution in [2.45, 2.75) is 38.5 Å². The molecule has 0 aliphatic carbocycles. The van der Waals surface area contributed by atoms with E-state index in [0.29, 0.717) is 54.7 Å². The molecule has 1 spiro atoms. The first-order valence-corrected chi connectivity index (χ1v) is 11.8. The largest absolute Gasteiger partial charge is 0.493 e. The zero-order chi connectivity index (χ0) is 24.1. The number of nitrogens with one attached hydrogen (secondary N) is 2. The molecule has 186 valence electrons. The van der Waals surface area contributed by atoms with Gasteiger partial charge in [0, 0.05) is 38.2 Å². The molecule has 34 heavy (non-hydrogen) atoms. The minimum atomic E-state index is -0.690. The summed E-state index contributed by atoms with van der Waals surface area (Å²) < 4.78 is 28.1. The van der Waals surface area contributed by atoms with Gasteiger partial charge in [0.2, 0.25) is 0 Å². The van der Waals surface area contributed by atoms with Crippen LogP contribution in [0.15, 0.2) is 29.5 Å². The van der Waals surface area contributed by atoms with Crippen LogP contribution in [0, 0.1) is 0 Å². The Morgan fingerprint density at radius 1 is 1.15 bits per heavy atom. The van der Waals surface area contributed by atoms with Crippen LogP contribution in [-0.4, -0.2) is 75.9 Å². The summed E-state index contributed by atoms with van der Waals surface area (Å²) in [7, 11) is 1.55. The molecule has 2 saturated heterocycles. The molecule has 2 amide bonds. The van der Waals surface area contributed by atoms with E-state index in [2.05, 4.69) is 15.5 Å². The van der Waals surface area contributed by atoms with Gasteiger partial charge in [-0.05, 0) is 31.5 Å². The lowest BCUT2D eigenvalue weighted by atomic mass is 9.94. The van der Waals surface area contributed by atoms with Crippen molar-refractivity contribution in [2.75, 3.05) is 53.2 Å². The second kappa shape index (κ2) is 10.6. The summed E-state index contributed by atoms with van der Waals surface area (Å²) in [5.41, 5.74) is 1.60. The molecule has 0 bridgehead atoms. The summed E-state index contributed by atoms with van der Waals surface area (Å²) in [6.45, 7) is 7.46. The normalized spacial score (nSPS) is 22.3. The maximum Gasteiger partial charge on any atom is 0.338 e. The van der Waals surface area contributed by atoms with Crippen LogP contribution in [0.1, 0.15) is 38.3 Å². The highest BCUT2D eigenvalue weighted by Crippen LogP contribution is 2.36. The van der Waals surface area contributed by atoms with E-state index >= 15 is 0 Å². The quantitative estimate of drug-likeness (QED) is 0.551. The number of rotatable bonds is 8. The minimum Gasteiger partial charge on any atom is -0.493 e. The number of methoxy groups -OCH3 is 1. The topological polar surface area (TPSA) is 108 Å². The molecule has 0 unspecified atom stereocenters. The van der Waals surface area contributed by atoms with Crippen LogP contribution in [-0.2, 0) is 19.0 Å². The molecule has 3 aliphatic rings. The van der Waals surface area contributed by atoms with E-state index in [1.165, 1.54) is 0 Å². The fraction of sp³-hybridized carbons (Fsp3) is 0.583. The number of amides is 2. The van der Waals surface area contributed by atoms with Crippen molar-refractivity contribution in [3.8, 4) is 11.5 Å². The molecular formula is C24H33N3O7. The van der Waals surface area contributed by atoms with Crippen LogP contribution < -0.4 is 20.1 Å². The molecule has 0 aromatic heterocycles. The van der Waals surface area contributed by atoms with E-state index in [1.807, 2.05) is 13.0 Å². The van der Waals surface area contributed by atoms with E-state index in [4.69, 9.17) is 23.7 Å². The van der Waals surface area contributed by atoms with E-state index in [1.54, 1.807) is 26.2 Å². The average Bonchev–Trinajstić information content (AvgIpc) is 3.29. The van der Waals surface area contributed by atoms with Crippen LogP contribution in [0.2, 0.25) is 0 Å². The molecule has 10 nitrogen and oxygen atoms in total. The van der Waals surface area contributed by atoms with Crippen molar-refractivity contribution in [2.24, 2.45) is 0 Å². The van der Waals surface area contributed by atoms with Gasteiger partial charge in [-0.25, -0.2) is 9.59 Å². The lowest BCUT2D eigenvalue weighted by molar-refractivity contribution is -0.184. The van der Waals surface area contributed by atoms with Crippen molar-refractivity contribution < 1.29 is 33.3 Å². The predicted molar refractivity (Wildman–Crippen MR) is 123 cm³/mol. The molecule has 0 saturated carbocycles. The predicted octanol–water partition coefficient (Wildman–Crippen LogP) is 2.10. The summed E-state index contributed by atoms with van der Waals surface area (Å²) >= 11 is 0. The van der Waals surface area contributed by atoms with E-state index in [9.17, 15) is 9.59 Å². The van der Waals surface area contributed by atoms with Gasteiger partial charge in [-0.2, -0.15) is 0 Å². The number of urea groups is 1. The Balaban J connectivity index is 1.62. The monoisotopic (exact) mass is 475 g/mol. The van der Waals surface area contributed by atoms with Gasteiger partial charge in [-0.15, -0.1) is 0 Å². The third-order valence-electron chi connectivity index (χ3n) is 6.28. The van der Waals surface area contributed by atoms with Gasteiger partial charge >= 0.3 is 12.0 Å². The number of ether oxygens (including phenoxy) is 5. The van der Waals surface area contributed by atoms with Crippen LogP contribution in [0.3, 0.4) is 0 Å². The first kappa shape index (κ1) is 24.3. The number of hydrogen-bond acceptors (Lipinski definition) is 8. The highest BCUT2D eigenvalue weighted by molar-refractivity contribution is 5.95. The SMILES string of the molecule is CCOC(=O)C1=C(CN2CCC3(CC2)OCCO3)NC(=O)N[C@@H]1c1ccc(OCC)c(OC)c1. The van der Waals surface area contributed by atoms with E-state index in [-0.39, 0.29) is 12.6 Å². The van der Waals surface area contributed by atoms with Gasteiger partial charge in [0.05, 0.1) is 45.2 Å². The van der Waals surface area contributed by atoms with Crippen molar-refractivity contribution in [1.82, 2.24) is 15.5 Å². The Morgan fingerprint density at radius 2 is 1.88 bits per heavy atom. The lowest BCUT2D eigenvalue weighted by Crippen LogP contribution is -2.51. The van der Waals surface area contributed by atoms with Crippen LogP contribution in [0.25, 0.3) is 0 Å². The summed E-state index contributed by atoms with van der Waals surface area (Å²) in [6.07, 6.45) is 1.47. The van der Waals surface area contributed by atoms with Gasteiger partial charge in [0.25, 0.3) is 0 Å². The number of carbonyl (C=O) groups excluding carboxylic acids is 2. The molecule has 1 aromatic rings. The highest BCUT2D eigenvalue weighted by Gasteiger charge is 2.41. The Bertz CT molecular complexity index is 932. The maximum atomic E-state index is 13.1. The second-order valence-electron chi connectivity index (χ2n) is 8.37. The number of esters is 1. The number of piperidine rings is 1. The summed E-state index contributed by atoms with van der Waals surface area (Å²) in [5.74, 6) is 0.149. The molecular weight excluding hydrogens is 442 g/mol. The van der Waals surface area contributed by atoms with Gasteiger partial charge in [-0.3, -0.25) is 4.90 Å². The number of hydrogen-bond donors (Lipinski definition) is 2. The Hall–Kier alpha value is -2.82. The summed E-state index contributed by atoms with van der Waals surface area (Å²) in [4.78, 5) is 27.9. The summed E-state index contributed by atoms with van der Waals surface area (Å²) in [6, 6.07) is 4.30. The maximum absolute atomic E-state index is 13.1. The summed E-state index contributed by atoms with van der Waals surface area (Å²) in [5, 5.41) is 5.71.